The van der Waals surface area contributed by atoms with E-state index < -0.39 is 35.3 Å². The van der Waals surface area contributed by atoms with Gasteiger partial charge in [-0.2, -0.15) is 0 Å². The van der Waals surface area contributed by atoms with Crippen LogP contribution in [0.5, 0.6) is 5.75 Å². The van der Waals surface area contributed by atoms with Crippen molar-refractivity contribution in [2.45, 2.75) is 116 Å². The zero-order chi connectivity index (χ0) is 52.9. The summed E-state index contributed by atoms with van der Waals surface area (Å²) in [5, 5.41) is 26.2. The number of nitrogens with zero attached hydrogens (tertiary/aromatic N) is 5. The number of carbonyl (C=O) groups excluding carboxylic acids is 5. The number of benzene rings is 3. The van der Waals surface area contributed by atoms with E-state index in [2.05, 4.69) is 46.4 Å². The minimum absolute atomic E-state index is 0.00110. The summed E-state index contributed by atoms with van der Waals surface area (Å²) < 4.78 is 19.3. The number of carbonyl (C=O) groups is 5. The first-order valence-electron chi connectivity index (χ1n) is 25.0. The van der Waals surface area contributed by atoms with E-state index in [0.717, 1.165) is 60.5 Å². The third kappa shape index (κ3) is 15.0. The van der Waals surface area contributed by atoms with E-state index in [0.29, 0.717) is 59.7 Å². The fourth-order valence-electron chi connectivity index (χ4n) is 9.14. The van der Waals surface area contributed by atoms with E-state index in [1.165, 1.54) is 42.6 Å². The van der Waals surface area contributed by atoms with Gasteiger partial charge >= 0.3 is 0 Å². The van der Waals surface area contributed by atoms with Crippen molar-refractivity contribution in [3.63, 3.8) is 0 Å². The number of β-amino-alcohol motifs (C(OH)–C–C–N with tert-alkyl or cyclic N) is 1. The number of aliphatic hydroxyl groups excluding tert-OH is 1. The molecule has 0 bridgehead atoms. The number of ether oxygens (including phenoxy) is 1. The molecule has 3 aromatic carbocycles. The Morgan fingerprint density at radius 2 is 1.69 bits per heavy atom. The molecule has 0 radical (unpaired) electrons. The Hall–Kier alpha value is -6.54. The number of nitrogens with one attached hydrogen (secondary N) is 5. The Labute approximate surface area is 440 Å². The van der Waals surface area contributed by atoms with Gasteiger partial charge in [-0.1, -0.05) is 75.6 Å². The molecule has 74 heavy (non-hydrogen) atoms. The van der Waals surface area contributed by atoms with Gasteiger partial charge < -0.3 is 41.3 Å². The molecule has 0 aliphatic carbocycles. The Morgan fingerprint density at radius 3 is 2.36 bits per heavy atom. The summed E-state index contributed by atoms with van der Waals surface area (Å²) in [6, 6.07) is 13.8. The average Bonchev–Trinajstić information content (AvgIpc) is 3.99. The molecule has 6 N–H and O–H groups in total. The zero-order valence-corrected chi connectivity index (χ0v) is 44.1. The number of piperidine rings is 1. The van der Waals surface area contributed by atoms with Crippen LogP contribution in [0.3, 0.4) is 0 Å². The quantitative estimate of drug-likeness (QED) is 0.0306. The van der Waals surface area contributed by atoms with Crippen molar-refractivity contribution in [1.29, 1.82) is 0 Å². The molecule has 5 amide bonds. The van der Waals surface area contributed by atoms with Crippen LogP contribution in [0.1, 0.15) is 89.8 Å². The number of methoxy groups -OCH3 is 1. The predicted octanol–water partition coefficient (Wildman–Crippen LogP) is 7.83. The van der Waals surface area contributed by atoms with E-state index in [1.54, 1.807) is 29.5 Å². The molecule has 2 saturated heterocycles. The second-order valence-electron chi connectivity index (χ2n) is 19.9. The Balaban J connectivity index is 0.774. The summed E-state index contributed by atoms with van der Waals surface area (Å²) >= 11 is 7.54. The molecule has 2 aliphatic heterocycles. The van der Waals surface area contributed by atoms with Gasteiger partial charge in [-0.25, -0.2) is 19.3 Å². The molecule has 3 atom stereocenters. The Morgan fingerprint density at radius 1 is 0.959 bits per heavy atom. The topological polar surface area (TPSA) is 220 Å². The minimum atomic E-state index is -0.905. The van der Waals surface area contributed by atoms with Crippen molar-refractivity contribution >= 4 is 80.6 Å². The van der Waals surface area contributed by atoms with E-state index in [4.69, 9.17) is 16.3 Å². The number of aryl methyl sites for hydroxylation is 1. The van der Waals surface area contributed by atoms with Crippen molar-refractivity contribution < 1.29 is 38.2 Å². The lowest BCUT2D eigenvalue weighted by molar-refractivity contribution is -0.144. The van der Waals surface area contributed by atoms with Gasteiger partial charge in [0.05, 0.1) is 45.5 Å². The number of aliphatic hydroxyl groups is 1. The van der Waals surface area contributed by atoms with E-state index in [9.17, 15) is 33.5 Å². The summed E-state index contributed by atoms with van der Waals surface area (Å²) in [6.45, 7) is 9.89. The maximum Gasteiger partial charge on any atom is 0.248 e. The summed E-state index contributed by atoms with van der Waals surface area (Å²) in [7, 11) is 1.50. The second kappa shape index (κ2) is 25.6. The summed E-state index contributed by atoms with van der Waals surface area (Å²) in [5.41, 5.74) is 5.56. The van der Waals surface area contributed by atoms with Crippen LogP contribution >= 0.6 is 22.9 Å². The molecule has 7 rings (SSSR count). The molecule has 2 aliphatic rings. The number of thiazole rings is 1. The molecule has 2 fully saturated rings. The number of halogens is 2. The Bertz CT molecular complexity index is 2820. The fourth-order valence-corrected chi connectivity index (χ4v) is 10.1. The maximum atomic E-state index is 14.0. The zero-order valence-electron chi connectivity index (χ0n) is 42.5. The molecular weight excluding hydrogens is 987 g/mol. The molecule has 1 unspecified atom stereocenters. The Kier molecular flexibility index (Phi) is 19.1. The van der Waals surface area contributed by atoms with Gasteiger partial charge in [-0.05, 0) is 73.4 Å². The highest BCUT2D eigenvalue weighted by molar-refractivity contribution is 7.13. The molecule has 17 nitrogen and oxygen atoms in total. The number of rotatable bonds is 21. The summed E-state index contributed by atoms with van der Waals surface area (Å²) in [5.74, 6) is -1.07. The van der Waals surface area contributed by atoms with Gasteiger partial charge in [-0.3, -0.25) is 28.9 Å². The number of unbranched alkanes of at least 4 members (excludes halogenated alkanes) is 3. The van der Waals surface area contributed by atoms with Crippen LogP contribution in [0.15, 0.2) is 78.6 Å². The summed E-state index contributed by atoms with van der Waals surface area (Å²) in [4.78, 5) is 84.3. The molecule has 0 spiro atoms. The van der Waals surface area contributed by atoms with Crippen LogP contribution in [-0.4, -0.2) is 117 Å². The highest BCUT2D eigenvalue weighted by Gasteiger charge is 2.44. The number of fused-ring (bicyclic) bond motifs is 1. The first kappa shape index (κ1) is 55.2. The van der Waals surface area contributed by atoms with Gasteiger partial charge in [0.1, 0.15) is 35.8 Å². The van der Waals surface area contributed by atoms with Gasteiger partial charge in [0, 0.05) is 81.2 Å². The van der Waals surface area contributed by atoms with Crippen LogP contribution in [-0.2, 0) is 30.5 Å². The number of amides is 5. The summed E-state index contributed by atoms with van der Waals surface area (Å²) in [6.07, 6.45) is 8.86. The lowest BCUT2D eigenvalue weighted by Gasteiger charge is -2.35. The number of anilines is 3. The predicted molar refractivity (Wildman–Crippen MR) is 286 cm³/mol. The van der Waals surface area contributed by atoms with Crippen LogP contribution in [0.2, 0.25) is 5.02 Å². The lowest BCUT2D eigenvalue weighted by atomic mass is 9.85. The van der Waals surface area contributed by atoms with E-state index in [1.807, 2.05) is 57.5 Å². The largest absolute Gasteiger partial charge is 0.494 e. The smallest absolute Gasteiger partial charge is 0.248 e. The average molecular weight is 1050 g/mol. The lowest BCUT2D eigenvalue weighted by Crippen LogP contribution is -2.57. The number of hydrogen-bond donors (Lipinski definition) is 6. The molecule has 394 valence electrons. The normalized spacial score (nSPS) is 16.8. The van der Waals surface area contributed by atoms with Crippen molar-refractivity contribution in [2.24, 2.45) is 5.41 Å². The first-order valence-corrected chi connectivity index (χ1v) is 26.3. The first-order chi connectivity index (χ1) is 35.4. The third-order valence-corrected chi connectivity index (χ3v) is 14.5. The van der Waals surface area contributed by atoms with Gasteiger partial charge in [0.25, 0.3) is 0 Å². The maximum absolute atomic E-state index is 14.0. The molecule has 5 aromatic rings. The van der Waals surface area contributed by atoms with E-state index in [-0.39, 0.29) is 60.6 Å². The molecule has 20 heteroatoms. The highest BCUT2D eigenvalue weighted by Crippen LogP contribution is 2.34. The van der Waals surface area contributed by atoms with Crippen LogP contribution in [0.25, 0.3) is 21.3 Å². The van der Waals surface area contributed by atoms with Crippen molar-refractivity contribution in [3.8, 4) is 16.2 Å². The van der Waals surface area contributed by atoms with Crippen molar-refractivity contribution in [2.75, 3.05) is 43.9 Å². The van der Waals surface area contributed by atoms with Crippen molar-refractivity contribution in [3.05, 3.63) is 101 Å². The molecular formula is C54H66ClFN10O7S. The second-order valence-corrected chi connectivity index (χ2v) is 21.2. The minimum Gasteiger partial charge on any atom is -0.494 e. The standard InChI is InChI=1S/C54H66ClFN10O7S/c1-33-49(74-32-60-33)35-16-14-34(15-17-35)29-57-52(71)44-26-38(67)30-66(44)53(72)50(54(2,3)4)64-48(70)12-9-7-6-8-11-46(68)61-36-20-23-65(24-21-36)22-10-13-47(69)63-43-27-39-42(28-45(43)73-5)58-31-59-51(39)62-37-18-19-41(56)40(55)25-37/h10,13-19,25,27-28,31-32,36,38,44,50,67H,6-9,11-12,20-24,26,29-30H2,1-5H3,(H,57,71)(H,61,68)(H,63,69)(H,64,70)(H,58,59,62)/b13-10+/t38-,44?,50-/m1/s1. The highest BCUT2D eigenvalue weighted by atomic mass is 35.5. The van der Waals surface area contributed by atoms with E-state index >= 15 is 0 Å². The monoisotopic (exact) mass is 1050 g/mol. The van der Waals surface area contributed by atoms with Crippen molar-refractivity contribution in [1.82, 2.24) is 40.7 Å². The SMILES string of the molecule is COc1cc2ncnc(Nc3ccc(F)c(Cl)c3)c2cc1NC(=O)/C=C/CN1CCC(NC(=O)CCCCCCC(=O)N[C@H](C(=O)N2C[C@H](O)CC2C(=O)NCc2ccc(-c3scnc3C)cc2)C(C)(C)C)CC1. The molecule has 2 aromatic heterocycles. The van der Waals surface area contributed by atoms with Crippen LogP contribution in [0, 0.1) is 18.2 Å². The van der Waals surface area contributed by atoms with Gasteiger partial charge in [0.2, 0.25) is 29.5 Å². The van der Waals surface area contributed by atoms with Crippen LogP contribution < -0.4 is 31.3 Å². The number of aromatic nitrogens is 3. The van der Waals surface area contributed by atoms with Crippen LogP contribution in [0.4, 0.5) is 21.6 Å². The fraction of sp³-hybridized carbons (Fsp3) is 0.444. The van der Waals surface area contributed by atoms with Gasteiger partial charge in [0.15, 0.2) is 0 Å². The van der Waals surface area contributed by atoms with Gasteiger partial charge in [-0.15, -0.1) is 11.3 Å². The number of hydrogen-bond acceptors (Lipinski definition) is 13. The molecule has 0 saturated carbocycles. The number of likely N-dealkylation sites (tertiary alicyclic amines) is 2. The third-order valence-electron chi connectivity index (χ3n) is 13.3. The molecule has 4 heterocycles.